The summed E-state index contributed by atoms with van der Waals surface area (Å²) in [5, 5.41) is 1.91. The summed E-state index contributed by atoms with van der Waals surface area (Å²) in [5.74, 6) is -37.0. The Morgan fingerprint density at radius 3 is 1.66 bits per heavy atom. The highest BCUT2D eigenvalue weighted by molar-refractivity contribution is 6.06. The highest BCUT2D eigenvalue weighted by Crippen LogP contribution is 2.58. The van der Waals surface area contributed by atoms with Crippen LogP contribution in [-0.4, -0.2) is 65.0 Å². The molecule has 170 valence electrons. The normalized spacial score (nSPS) is 19.2. The van der Waals surface area contributed by atoms with Crippen LogP contribution in [-0.2, 0) is 4.79 Å². The predicted octanol–water partition coefficient (Wildman–Crippen LogP) is 4.15. The Bertz CT molecular complexity index is 677. The highest BCUT2D eigenvalue weighted by Gasteiger charge is 2.87. The minimum atomic E-state index is -7.64. The van der Waals surface area contributed by atoms with Gasteiger partial charge in [0, 0.05) is 13.0 Å². The van der Waals surface area contributed by atoms with Crippen molar-refractivity contribution in [1.29, 1.82) is 0 Å². The number of alkyl halides is 12. The van der Waals surface area contributed by atoms with Gasteiger partial charge < -0.3 is 5.32 Å². The van der Waals surface area contributed by atoms with E-state index in [9.17, 15) is 62.3 Å². The van der Waals surface area contributed by atoms with E-state index in [4.69, 9.17) is 0 Å². The van der Waals surface area contributed by atoms with Crippen LogP contribution in [0.1, 0.15) is 20.3 Å². The third-order valence-electron chi connectivity index (χ3n) is 4.03. The Hall–Kier alpha value is -1.90. The molecule has 3 amide bonds. The Kier molecular flexibility index (Phi) is 5.91. The number of nitrogens with one attached hydrogen (secondary N) is 1. The highest BCUT2D eigenvalue weighted by atomic mass is 19.4. The third-order valence-corrected chi connectivity index (χ3v) is 4.03. The van der Waals surface area contributed by atoms with E-state index in [2.05, 4.69) is 0 Å². The van der Waals surface area contributed by atoms with Crippen LogP contribution >= 0.6 is 0 Å². The lowest BCUT2D eigenvalue weighted by Crippen LogP contribution is -2.68. The van der Waals surface area contributed by atoms with Crippen LogP contribution < -0.4 is 5.32 Å². The molecule has 0 aromatic heterocycles. The SMILES string of the molecule is CC1(C)NC(=O)N(CCC(F)(F)C(F)(F)C(F)(F)C(F)(F)C(F)(F)C(F)F)C1=O. The lowest BCUT2D eigenvalue weighted by molar-refractivity contribution is -0.413. The Morgan fingerprint density at radius 1 is 0.862 bits per heavy atom. The fraction of sp³-hybridized carbons (Fsp3) is 0.846. The molecule has 0 spiro atoms. The topological polar surface area (TPSA) is 49.4 Å². The molecule has 0 atom stereocenters. The number of hydrogen-bond acceptors (Lipinski definition) is 2. The second-order valence-corrected chi connectivity index (χ2v) is 6.61. The average molecular weight is 456 g/mol. The first kappa shape index (κ1) is 25.1. The van der Waals surface area contributed by atoms with Crippen molar-refractivity contribution >= 4 is 11.9 Å². The summed E-state index contributed by atoms with van der Waals surface area (Å²) in [4.78, 5) is 23.0. The number of carbonyl (C=O) groups excluding carboxylic acids is 2. The summed E-state index contributed by atoms with van der Waals surface area (Å²) in [7, 11) is 0. The van der Waals surface area contributed by atoms with Gasteiger partial charge in [-0.1, -0.05) is 0 Å². The number of urea groups is 1. The first-order valence-electron chi connectivity index (χ1n) is 7.39. The van der Waals surface area contributed by atoms with Crippen molar-refractivity contribution in [2.75, 3.05) is 6.54 Å². The number of halogens is 12. The van der Waals surface area contributed by atoms with Gasteiger partial charge >= 0.3 is 42.1 Å². The van der Waals surface area contributed by atoms with Gasteiger partial charge in [-0.3, -0.25) is 9.69 Å². The summed E-state index contributed by atoms with van der Waals surface area (Å²) >= 11 is 0. The molecular formula is C13H12F12N2O2. The Morgan fingerprint density at radius 2 is 1.31 bits per heavy atom. The minimum absolute atomic E-state index is 0.117. The maximum Gasteiger partial charge on any atom is 0.384 e. The van der Waals surface area contributed by atoms with Crippen molar-refractivity contribution < 1.29 is 62.3 Å². The molecule has 4 nitrogen and oxygen atoms in total. The van der Waals surface area contributed by atoms with E-state index in [1.165, 1.54) is 0 Å². The van der Waals surface area contributed by atoms with Crippen molar-refractivity contribution in [1.82, 2.24) is 10.2 Å². The fourth-order valence-corrected chi connectivity index (χ4v) is 2.20. The molecule has 0 bridgehead atoms. The van der Waals surface area contributed by atoms with E-state index in [0.717, 1.165) is 13.8 Å². The molecule has 0 aromatic rings. The Balaban J connectivity index is 3.19. The summed E-state index contributed by atoms with van der Waals surface area (Å²) in [5.41, 5.74) is -1.69. The van der Waals surface area contributed by atoms with Crippen LogP contribution in [0.25, 0.3) is 0 Å². The first-order chi connectivity index (χ1) is 12.6. The van der Waals surface area contributed by atoms with Crippen molar-refractivity contribution in [3.05, 3.63) is 0 Å². The summed E-state index contributed by atoms with van der Waals surface area (Å²) in [6.07, 6.45) is -8.14. The molecule has 1 saturated heterocycles. The van der Waals surface area contributed by atoms with E-state index >= 15 is 0 Å². The summed E-state index contributed by atoms with van der Waals surface area (Å²) in [6.45, 7) is 0.422. The number of amides is 3. The van der Waals surface area contributed by atoms with Crippen LogP contribution in [0, 0.1) is 0 Å². The zero-order chi connectivity index (χ0) is 23.4. The largest absolute Gasteiger partial charge is 0.384 e. The van der Waals surface area contributed by atoms with Gasteiger partial charge in [0.25, 0.3) is 5.91 Å². The fourth-order valence-electron chi connectivity index (χ4n) is 2.20. The molecule has 1 rings (SSSR count). The van der Waals surface area contributed by atoms with Crippen molar-refractivity contribution in [2.45, 2.75) is 61.8 Å². The Labute approximate surface area is 154 Å². The van der Waals surface area contributed by atoms with Crippen LogP contribution in [0.5, 0.6) is 0 Å². The van der Waals surface area contributed by atoms with Crippen LogP contribution in [0.2, 0.25) is 0 Å². The van der Waals surface area contributed by atoms with Crippen molar-refractivity contribution in [3.63, 3.8) is 0 Å². The predicted molar refractivity (Wildman–Crippen MR) is 69.7 cm³/mol. The molecule has 1 aliphatic rings. The monoisotopic (exact) mass is 456 g/mol. The van der Waals surface area contributed by atoms with E-state index in [-0.39, 0.29) is 4.90 Å². The summed E-state index contributed by atoms with van der Waals surface area (Å²) in [6, 6.07) is -1.40. The van der Waals surface area contributed by atoms with Crippen LogP contribution in [0.15, 0.2) is 0 Å². The van der Waals surface area contributed by atoms with Gasteiger partial charge in [-0.15, -0.1) is 0 Å². The smallest absolute Gasteiger partial charge is 0.324 e. The number of carbonyl (C=O) groups is 2. The maximum absolute atomic E-state index is 13.7. The number of nitrogens with zero attached hydrogens (tertiary/aromatic N) is 1. The second-order valence-electron chi connectivity index (χ2n) is 6.61. The van der Waals surface area contributed by atoms with E-state index < -0.39 is 66.5 Å². The zero-order valence-electron chi connectivity index (χ0n) is 14.3. The van der Waals surface area contributed by atoms with Gasteiger partial charge in [0.05, 0.1) is 0 Å². The molecule has 0 aromatic carbocycles. The molecule has 1 N–H and O–H groups in total. The second kappa shape index (κ2) is 6.82. The number of rotatable bonds is 8. The molecule has 16 heteroatoms. The van der Waals surface area contributed by atoms with E-state index in [1.54, 1.807) is 0 Å². The van der Waals surface area contributed by atoms with Gasteiger partial charge in [-0.05, 0) is 13.8 Å². The lowest BCUT2D eigenvalue weighted by Gasteiger charge is -2.39. The zero-order valence-corrected chi connectivity index (χ0v) is 14.3. The standard InChI is InChI=1S/C13H12F12N2O2/c1-8(2)6(28)27(7(29)26-8)4-3-9(16,17)11(20,21)13(24,25)12(22,23)10(18,19)5(14)15/h5H,3-4H2,1-2H3,(H,26,29). The molecule has 0 unspecified atom stereocenters. The quantitative estimate of drug-likeness (QED) is 0.441. The minimum Gasteiger partial charge on any atom is -0.324 e. The van der Waals surface area contributed by atoms with E-state index in [1.807, 2.05) is 5.32 Å². The molecule has 0 aliphatic carbocycles. The molecule has 1 fully saturated rings. The maximum atomic E-state index is 13.7. The molecular weight excluding hydrogens is 444 g/mol. The van der Waals surface area contributed by atoms with Gasteiger partial charge in [0.1, 0.15) is 5.54 Å². The third kappa shape index (κ3) is 3.58. The number of hydrogen-bond donors (Lipinski definition) is 1. The molecule has 0 radical (unpaired) electrons. The van der Waals surface area contributed by atoms with Crippen LogP contribution in [0.4, 0.5) is 57.5 Å². The molecule has 1 heterocycles. The summed E-state index contributed by atoms with van der Waals surface area (Å²) < 4.78 is 157. The van der Waals surface area contributed by atoms with E-state index in [0.29, 0.717) is 0 Å². The van der Waals surface area contributed by atoms with Crippen molar-refractivity contribution in [3.8, 4) is 0 Å². The lowest BCUT2D eigenvalue weighted by atomic mass is 9.93. The van der Waals surface area contributed by atoms with Gasteiger partial charge in [-0.25, -0.2) is 13.6 Å². The van der Waals surface area contributed by atoms with Gasteiger partial charge in [-0.2, -0.15) is 43.9 Å². The average Bonchev–Trinajstić information content (AvgIpc) is 2.72. The van der Waals surface area contributed by atoms with Gasteiger partial charge in [0.2, 0.25) is 0 Å². The molecule has 29 heavy (non-hydrogen) atoms. The molecule has 0 saturated carbocycles. The number of imide groups is 1. The molecule has 1 aliphatic heterocycles. The van der Waals surface area contributed by atoms with Crippen molar-refractivity contribution in [2.24, 2.45) is 0 Å². The van der Waals surface area contributed by atoms with Gasteiger partial charge in [0.15, 0.2) is 0 Å². The van der Waals surface area contributed by atoms with Crippen LogP contribution in [0.3, 0.4) is 0 Å². The first-order valence-corrected chi connectivity index (χ1v) is 7.39.